The number of hydrogen-bond acceptors (Lipinski definition) is 4. The molecule has 1 atom stereocenters. The van der Waals surface area contributed by atoms with Gasteiger partial charge in [0.15, 0.2) is 0 Å². The number of hydrogen-bond donors (Lipinski definition) is 2. The number of rotatable bonds is 7. The van der Waals surface area contributed by atoms with E-state index in [2.05, 4.69) is 31.3 Å². The Balaban J connectivity index is 2.33. The summed E-state index contributed by atoms with van der Waals surface area (Å²) in [6, 6.07) is 1.92. The largest absolute Gasteiger partial charge is 0.469 e. The van der Waals surface area contributed by atoms with Crippen LogP contribution >= 0.6 is 11.6 Å². The molecule has 6 heteroatoms. The molecular weight excluding hydrogens is 288 g/mol. The summed E-state index contributed by atoms with van der Waals surface area (Å²) in [4.78, 5) is 0. The van der Waals surface area contributed by atoms with Gasteiger partial charge < -0.3 is 4.42 Å². The second-order valence-corrected chi connectivity index (χ2v) is 5.33. The van der Waals surface area contributed by atoms with Gasteiger partial charge in [0.2, 0.25) is 0 Å². The smallest absolute Gasteiger partial charge is 0.108 e. The molecule has 0 spiro atoms. The second-order valence-electron chi connectivity index (χ2n) is 4.95. The Kier molecular flexibility index (Phi) is 5.45. The van der Waals surface area contributed by atoms with Crippen LogP contribution in [0.3, 0.4) is 0 Å². The highest BCUT2D eigenvalue weighted by atomic mass is 35.5. The van der Waals surface area contributed by atoms with Crippen LogP contribution in [-0.4, -0.2) is 9.78 Å². The average Bonchev–Trinajstić information content (AvgIpc) is 3.09. The van der Waals surface area contributed by atoms with Gasteiger partial charge in [-0.05, 0) is 19.4 Å². The van der Waals surface area contributed by atoms with Gasteiger partial charge in [-0.1, -0.05) is 25.4 Å². The number of halogens is 1. The SMILES string of the molecule is CCc1nn(CC)c(CC(NN)c2ccoc2CC)c1Cl. The normalized spacial score (nSPS) is 12.8. The van der Waals surface area contributed by atoms with Crippen LogP contribution in [0.15, 0.2) is 16.7 Å². The van der Waals surface area contributed by atoms with Crippen molar-refractivity contribution in [3.05, 3.63) is 40.1 Å². The van der Waals surface area contributed by atoms with Crippen molar-refractivity contribution in [3.63, 3.8) is 0 Å². The monoisotopic (exact) mass is 310 g/mol. The van der Waals surface area contributed by atoms with Crippen LogP contribution in [0, 0.1) is 0 Å². The number of hydrazine groups is 1. The van der Waals surface area contributed by atoms with Gasteiger partial charge in [-0.15, -0.1) is 0 Å². The van der Waals surface area contributed by atoms with Gasteiger partial charge in [-0.3, -0.25) is 16.0 Å². The predicted molar refractivity (Wildman–Crippen MR) is 84.1 cm³/mol. The molecule has 0 saturated heterocycles. The molecule has 0 aliphatic heterocycles. The summed E-state index contributed by atoms with van der Waals surface area (Å²) >= 11 is 6.47. The van der Waals surface area contributed by atoms with E-state index >= 15 is 0 Å². The van der Waals surface area contributed by atoms with Crippen LogP contribution in [0.25, 0.3) is 0 Å². The van der Waals surface area contributed by atoms with E-state index in [1.165, 1.54) is 0 Å². The van der Waals surface area contributed by atoms with Crippen molar-refractivity contribution in [2.45, 2.75) is 52.6 Å². The first-order valence-corrected chi connectivity index (χ1v) is 7.80. The standard InChI is InChI=1S/C15H23ClN4O/c1-4-11-15(16)13(20(6-3)19-11)9-12(18-17)10-7-8-21-14(10)5-2/h7-8,12,18H,4-6,9,17H2,1-3H3. The maximum Gasteiger partial charge on any atom is 0.108 e. The molecule has 0 amide bonds. The molecule has 5 nitrogen and oxygen atoms in total. The third kappa shape index (κ3) is 3.15. The molecule has 0 bridgehead atoms. The Labute approximate surface area is 130 Å². The lowest BCUT2D eigenvalue weighted by atomic mass is 10.0. The Morgan fingerprint density at radius 2 is 2.14 bits per heavy atom. The summed E-state index contributed by atoms with van der Waals surface area (Å²) in [6.45, 7) is 6.97. The lowest BCUT2D eigenvalue weighted by Crippen LogP contribution is -2.30. The molecule has 0 saturated carbocycles. The Bertz CT molecular complexity index is 591. The van der Waals surface area contributed by atoms with Crippen molar-refractivity contribution in [1.82, 2.24) is 15.2 Å². The van der Waals surface area contributed by atoms with E-state index in [0.29, 0.717) is 6.42 Å². The molecule has 0 aliphatic carbocycles. The fraction of sp³-hybridized carbons (Fsp3) is 0.533. The van der Waals surface area contributed by atoms with Gasteiger partial charge in [0.1, 0.15) is 5.76 Å². The number of nitrogens with zero attached hydrogens (tertiary/aromatic N) is 2. The molecule has 2 aromatic heterocycles. The van der Waals surface area contributed by atoms with Crippen LogP contribution in [0.5, 0.6) is 0 Å². The summed E-state index contributed by atoms with van der Waals surface area (Å²) in [5.41, 5.74) is 5.91. The molecule has 0 aliphatic rings. The summed E-state index contributed by atoms with van der Waals surface area (Å²) in [5.74, 6) is 6.70. The predicted octanol–water partition coefficient (Wildman–Crippen LogP) is 3.02. The zero-order valence-electron chi connectivity index (χ0n) is 12.8. The van der Waals surface area contributed by atoms with Crippen molar-refractivity contribution in [2.75, 3.05) is 0 Å². The van der Waals surface area contributed by atoms with Crippen LogP contribution in [0.1, 0.15) is 49.5 Å². The van der Waals surface area contributed by atoms with Gasteiger partial charge in [-0.25, -0.2) is 0 Å². The molecule has 3 N–H and O–H groups in total. The second kappa shape index (κ2) is 7.11. The van der Waals surface area contributed by atoms with E-state index in [0.717, 1.165) is 47.1 Å². The topological polar surface area (TPSA) is 69.0 Å². The van der Waals surface area contributed by atoms with Gasteiger partial charge in [0.05, 0.1) is 28.7 Å². The molecule has 0 fully saturated rings. The van der Waals surface area contributed by atoms with Gasteiger partial charge in [0.25, 0.3) is 0 Å². The van der Waals surface area contributed by atoms with Crippen LogP contribution in [0.4, 0.5) is 0 Å². The first-order valence-electron chi connectivity index (χ1n) is 7.42. The highest BCUT2D eigenvalue weighted by Crippen LogP contribution is 2.28. The van der Waals surface area contributed by atoms with Crippen LogP contribution in [0.2, 0.25) is 5.02 Å². The van der Waals surface area contributed by atoms with E-state index in [1.807, 2.05) is 10.7 Å². The molecule has 1 unspecified atom stereocenters. The minimum Gasteiger partial charge on any atom is -0.469 e. The highest BCUT2D eigenvalue weighted by Gasteiger charge is 2.22. The number of aryl methyl sites for hydroxylation is 3. The van der Waals surface area contributed by atoms with E-state index in [4.69, 9.17) is 21.9 Å². The quantitative estimate of drug-likeness (QED) is 0.609. The van der Waals surface area contributed by atoms with Crippen LogP contribution < -0.4 is 11.3 Å². The zero-order valence-corrected chi connectivity index (χ0v) is 13.6. The lowest BCUT2D eigenvalue weighted by molar-refractivity contribution is 0.478. The summed E-state index contributed by atoms with van der Waals surface area (Å²) in [6.07, 6.45) is 4.05. The summed E-state index contributed by atoms with van der Waals surface area (Å²) in [5, 5.41) is 5.30. The Morgan fingerprint density at radius 3 is 2.71 bits per heavy atom. The fourth-order valence-corrected chi connectivity index (χ4v) is 2.96. The van der Waals surface area contributed by atoms with Gasteiger partial charge >= 0.3 is 0 Å². The maximum atomic E-state index is 6.47. The van der Waals surface area contributed by atoms with Crippen molar-refractivity contribution in [2.24, 2.45) is 5.84 Å². The minimum absolute atomic E-state index is 0.0390. The molecule has 21 heavy (non-hydrogen) atoms. The van der Waals surface area contributed by atoms with Crippen molar-refractivity contribution >= 4 is 11.6 Å². The Hall–Kier alpha value is -1.30. The number of furan rings is 1. The third-order valence-corrected chi connectivity index (χ3v) is 4.21. The van der Waals surface area contributed by atoms with E-state index < -0.39 is 0 Å². The lowest BCUT2D eigenvalue weighted by Gasteiger charge is -2.17. The fourth-order valence-electron chi connectivity index (χ4n) is 2.61. The number of aromatic nitrogens is 2. The molecule has 2 heterocycles. The molecular formula is C15H23ClN4O. The van der Waals surface area contributed by atoms with Gasteiger partial charge in [-0.2, -0.15) is 5.10 Å². The molecule has 0 aromatic carbocycles. The van der Waals surface area contributed by atoms with E-state index in [-0.39, 0.29) is 6.04 Å². The van der Waals surface area contributed by atoms with Gasteiger partial charge in [0, 0.05) is 24.9 Å². The summed E-state index contributed by atoms with van der Waals surface area (Å²) < 4.78 is 7.45. The Morgan fingerprint density at radius 1 is 1.38 bits per heavy atom. The molecule has 2 rings (SSSR count). The number of nitrogens with one attached hydrogen (secondary N) is 1. The van der Waals surface area contributed by atoms with Crippen molar-refractivity contribution in [3.8, 4) is 0 Å². The number of nitrogens with two attached hydrogens (primary N) is 1. The highest BCUT2D eigenvalue weighted by molar-refractivity contribution is 6.31. The average molecular weight is 311 g/mol. The first-order chi connectivity index (χ1) is 10.2. The first kappa shape index (κ1) is 16.1. The molecule has 0 radical (unpaired) electrons. The zero-order chi connectivity index (χ0) is 15.4. The maximum absolute atomic E-state index is 6.47. The van der Waals surface area contributed by atoms with Crippen molar-refractivity contribution < 1.29 is 4.42 Å². The summed E-state index contributed by atoms with van der Waals surface area (Å²) in [7, 11) is 0. The van der Waals surface area contributed by atoms with E-state index in [1.54, 1.807) is 6.26 Å². The molecule has 116 valence electrons. The van der Waals surface area contributed by atoms with E-state index in [9.17, 15) is 0 Å². The minimum atomic E-state index is -0.0390. The molecule has 2 aromatic rings. The third-order valence-electron chi connectivity index (χ3n) is 3.77. The van der Waals surface area contributed by atoms with Crippen molar-refractivity contribution in [1.29, 1.82) is 0 Å². The van der Waals surface area contributed by atoms with Crippen LogP contribution in [-0.2, 0) is 25.8 Å².